The summed E-state index contributed by atoms with van der Waals surface area (Å²) in [6, 6.07) is 0. The summed E-state index contributed by atoms with van der Waals surface area (Å²) >= 11 is 3.71. The Hall–Kier alpha value is 0.480. The fraction of sp³-hybridized carbons (Fsp3) is 1.00. The molecule has 10 heavy (non-hydrogen) atoms. The Morgan fingerprint density at radius 2 is 2.00 bits per heavy atom. The third-order valence-corrected chi connectivity index (χ3v) is 3.95. The maximum Gasteiger partial charge on any atom is 0.0171 e. The van der Waals surface area contributed by atoms with Crippen LogP contribution in [0.3, 0.4) is 0 Å². The van der Waals surface area contributed by atoms with Gasteiger partial charge in [-0.3, -0.25) is 0 Å². The highest BCUT2D eigenvalue weighted by molar-refractivity contribution is 9.09. The van der Waals surface area contributed by atoms with Gasteiger partial charge in [0.1, 0.15) is 0 Å². The van der Waals surface area contributed by atoms with Crippen molar-refractivity contribution in [1.82, 2.24) is 0 Å². The van der Waals surface area contributed by atoms with Crippen molar-refractivity contribution < 1.29 is 0 Å². The topological polar surface area (TPSA) is 0 Å². The highest BCUT2D eigenvalue weighted by Crippen LogP contribution is 2.41. The van der Waals surface area contributed by atoms with Gasteiger partial charge in [-0.1, -0.05) is 36.7 Å². The number of hydrogen-bond donors (Lipinski definition) is 0. The molecule has 1 saturated carbocycles. The molecule has 0 radical (unpaired) electrons. The zero-order valence-corrected chi connectivity index (χ0v) is 8.74. The predicted molar refractivity (Wildman–Crippen MR) is 49.5 cm³/mol. The Labute approximate surface area is 72.5 Å². The van der Waals surface area contributed by atoms with Gasteiger partial charge in [-0.2, -0.15) is 0 Å². The lowest BCUT2D eigenvalue weighted by atomic mass is 9.73. The van der Waals surface area contributed by atoms with Crippen LogP contribution in [0.4, 0.5) is 0 Å². The zero-order chi connectivity index (χ0) is 7.78. The molecule has 0 spiro atoms. The fourth-order valence-electron chi connectivity index (χ4n) is 1.91. The molecule has 0 bridgehead atoms. The largest absolute Gasteiger partial charge is 0.0888 e. The molecule has 2 unspecified atom stereocenters. The molecule has 0 aromatic carbocycles. The van der Waals surface area contributed by atoms with E-state index in [0.29, 0.717) is 5.41 Å². The van der Waals surface area contributed by atoms with Crippen LogP contribution in [0.15, 0.2) is 0 Å². The summed E-state index contributed by atoms with van der Waals surface area (Å²) in [5.41, 5.74) is 0.601. The van der Waals surface area contributed by atoms with Crippen LogP contribution in [0, 0.1) is 11.3 Å². The molecular weight excluding hydrogens is 188 g/mol. The minimum absolute atomic E-state index is 0.601. The van der Waals surface area contributed by atoms with Crippen LogP contribution in [-0.2, 0) is 0 Å². The normalized spacial score (nSPS) is 39.6. The molecule has 0 aromatic rings. The van der Waals surface area contributed by atoms with E-state index in [0.717, 1.165) is 10.7 Å². The Kier molecular flexibility index (Phi) is 2.44. The lowest BCUT2D eigenvalue weighted by molar-refractivity contribution is 0.199. The fourth-order valence-corrected chi connectivity index (χ4v) is 2.33. The molecule has 1 aliphatic rings. The van der Waals surface area contributed by atoms with E-state index in [1.54, 1.807) is 0 Å². The number of halogens is 1. The molecule has 0 aliphatic heterocycles. The first-order chi connectivity index (χ1) is 4.51. The lowest BCUT2D eigenvalue weighted by Crippen LogP contribution is -2.28. The van der Waals surface area contributed by atoms with Gasteiger partial charge in [0.2, 0.25) is 0 Å². The maximum atomic E-state index is 3.71. The van der Waals surface area contributed by atoms with Gasteiger partial charge in [0, 0.05) is 4.83 Å². The zero-order valence-electron chi connectivity index (χ0n) is 7.15. The van der Waals surface area contributed by atoms with Crippen LogP contribution in [0.25, 0.3) is 0 Å². The summed E-state index contributed by atoms with van der Waals surface area (Å²) in [5, 5.41) is 0. The van der Waals surface area contributed by atoms with Gasteiger partial charge >= 0.3 is 0 Å². The van der Waals surface area contributed by atoms with Gasteiger partial charge < -0.3 is 0 Å². The van der Waals surface area contributed by atoms with Gasteiger partial charge in [-0.15, -0.1) is 0 Å². The molecule has 1 fully saturated rings. The van der Waals surface area contributed by atoms with E-state index in [-0.39, 0.29) is 0 Å². The van der Waals surface area contributed by atoms with Crippen molar-refractivity contribution in [3.8, 4) is 0 Å². The van der Waals surface area contributed by atoms with E-state index in [1.807, 2.05) is 0 Å². The summed E-state index contributed by atoms with van der Waals surface area (Å²) in [4.78, 5) is 0.778. The average Bonchev–Trinajstić information content (AvgIpc) is 1.79. The Bertz CT molecular complexity index is 118. The van der Waals surface area contributed by atoms with Crippen LogP contribution in [0.5, 0.6) is 0 Å². The van der Waals surface area contributed by atoms with Crippen molar-refractivity contribution in [3.05, 3.63) is 0 Å². The van der Waals surface area contributed by atoms with E-state index in [1.165, 1.54) is 19.3 Å². The van der Waals surface area contributed by atoms with Crippen molar-refractivity contribution in [2.45, 2.75) is 44.9 Å². The molecule has 1 heteroatoms. The van der Waals surface area contributed by atoms with E-state index >= 15 is 0 Å². The van der Waals surface area contributed by atoms with Gasteiger partial charge in [0.15, 0.2) is 0 Å². The second kappa shape index (κ2) is 2.84. The number of hydrogen-bond acceptors (Lipinski definition) is 0. The number of rotatable bonds is 0. The van der Waals surface area contributed by atoms with E-state index in [4.69, 9.17) is 0 Å². The molecule has 60 valence electrons. The summed E-state index contributed by atoms with van der Waals surface area (Å²) in [5.74, 6) is 0.865. The van der Waals surface area contributed by atoms with Gasteiger partial charge in [0.05, 0.1) is 0 Å². The summed E-state index contributed by atoms with van der Waals surface area (Å²) in [6.45, 7) is 7.10. The van der Waals surface area contributed by atoms with E-state index < -0.39 is 0 Å². The summed E-state index contributed by atoms with van der Waals surface area (Å²) in [7, 11) is 0. The molecule has 0 heterocycles. The molecule has 0 amide bonds. The number of alkyl halides is 1. The van der Waals surface area contributed by atoms with Crippen LogP contribution in [-0.4, -0.2) is 4.83 Å². The van der Waals surface area contributed by atoms with E-state index in [9.17, 15) is 0 Å². The Morgan fingerprint density at radius 1 is 1.40 bits per heavy atom. The lowest BCUT2D eigenvalue weighted by Gasteiger charge is -2.36. The molecule has 2 atom stereocenters. The van der Waals surface area contributed by atoms with Gasteiger partial charge in [-0.25, -0.2) is 0 Å². The quantitative estimate of drug-likeness (QED) is 0.530. The predicted octanol–water partition coefficient (Wildman–Crippen LogP) is 3.60. The standard InChI is InChI=1S/C9H17Br/c1-7-6-9(2,3)5-4-8(7)10/h7-8H,4-6H2,1-3H3. The third kappa shape index (κ3) is 1.98. The summed E-state index contributed by atoms with van der Waals surface area (Å²) < 4.78 is 0. The van der Waals surface area contributed by atoms with Crippen LogP contribution >= 0.6 is 15.9 Å². The van der Waals surface area contributed by atoms with Crippen LogP contribution < -0.4 is 0 Å². The third-order valence-electron chi connectivity index (χ3n) is 2.59. The second-order valence-corrected chi connectivity index (χ2v) is 5.58. The molecule has 0 nitrogen and oxygen atoms in total. The Balaban J connectivity index is 2.49. The van der Waals surface area contributed by atoms with Crippen molar-refractivity contribution in [2.24, 2.45) is 11.3 Å². The minimum Gasteiger partial charge on any atom is -0.0888 e. The molecular formula is C9H17Br. The first-order valence-electron chi connectivity index (χ1n) is 4.15. The highest BCUT2D eigenvalue weighted by atomic mass is 79.9. The monoisotopic (exact) mass is 204 g/mol. The van der Waals surface area contributed by atoms with Crippen molar-refractivity contribution in [2.75, 3.05) is 0 Å². The molecule has 0 N–H and O–H groups in total. The molecule has 1 rings (SSSR count). The molecule has 0 saturated heterocycles. The van der Waals surface area contributed by atoms with E-state index in [2.05, 4.69) is 36.7 Å². The van der Waals surface area contributed by atoms with Crippen molar-refractivity contribution in [1.29, 1.82) is 0 Å². The van der Waals surface area contributed by atoms with Crippen molar-refractivity contribution in [3.63, 3.8) is 0 Å². The molecule has 1 aliphatic carbocycles. The Morgan fingerprint density at radius 3 is 2.40 bits per heavy atom. The average molecular weight is 205 g/mol. The van der Waals surface area contributed by atoms with Crippen molar-refractivity contribution >= 4 is 15.9 Å². The smallest absolute Gasteiger partial charge is 0.0171 e. The second-order valence-electron chi connectivity index (χ2n) is 4.40. The van der Waals surface area contributed by atoms with Gasteiger partial charge in [-0.05, 0) is 30.6 Å². The minimum atomic E-state index is 0.601. The van der Waals surface area contributed by atoms with Crippen LogP contribution in [0.2, 0.25) is 0 Å². The molecule has 0 aromatic heterocycles. The maximum absolute atomic E-state index is 3.71. The first-order valence-corrected chi connectivity index (χ1v) is 5.07. The highest BCUT2D eigenvalue weighted by Gasteiger charge is 2.30. The van der Waals surface area contributed by atoms with Crippen LogP contribution in [0.1, 0.15) is 40.0 Å². The SMILES string of the molecule is CC1CC(C)(C)CCC1Br. The first kappa shape index (κ1) is 8.58. The summed E-state index contributed by atoms with van der Waals surface area (Å²) in [6.07, 6.45) is 4.12. The van der Waals surface area contributed by atoms with Gasteiger partial charge in [0.25, 0.3) is 0 Å².